The van der Waals surface area contributed by atoms with Crippen LogP contribution in [0.25, 0.3) is 0 Å². The molecule has 1 aromatic carbocycles. The van der Waals surface area contributed by atoms with Crippen LogP contribution in [0.15, 0.2) is 24.3 Å². The Kier molecular flexibility index (Phi) is 3.82. The maximum atomic E-state index is 12.3. The van der Waals surface area contributed by atoms with E-state index in [1.54, 1.807) is 0 Å². The first-order valence-electron chi connectivity index (χ1n) is 4.54. The molecule has 0 saturated heterocycles. The Morgan fingerprint density at radius 3 is 2.24 bits per heavy atom. The average molecular weight is 249 g/mol. The van der Waals surface area contributed by atoms with Crippen molar-refractivity contribution in [3.8, 4) is 5.75 Å². The summed E-state index contributed by atoms with van der Waals surface area (Å²) in [4.78, 5) is 10.5. The third-order valence-electron chi connectivity index (χ3n) is 1.98. The zero-order chi connectivity index (χ0) is 13.1. The molecule has 1 rings (SSSR count). The second-order valence-electron chi connectivity index (χ2n) is 3.19. The van der Waals surface area contributed by atoms with Gasteiger partial charge in [-0.05, 0) is 24.3 Å². The fraction of sp³-hybridized carbons (Fsp3) is 0.300. The van der Waals surface area contributed by atoms with Crippen molar-refractivity contribution < 1.29 is 27.8 Å². The lowest BCUT2D eigenvalue weighted by Crippen LogP contribution is -2.42. The first-order valence-corrected chi connectivity index (χ1v) is 4.54. The smallest absolute Gasteiger partial charge is 0.419 e. The molecule has 0 fully saturated rings. The third kappa shape index (κ3) is 3.54. The number of nitrogens with one attached hydrogen (secondary N) is 1. The highest BCUT2D eigenvalue weighted by molar-refractivity contribution is 5.78. The molecule has 0 aliphatic rings. The average Bonchev–Trinajstić information content (AvgIpc) is 2.24. The summed E-state index contributed by atoms with van der Waals surface area (Å²) >= 11 is 0. The molecular formula is C10H10F3NO3. The summed E-state index contributed by atoms with van der Waals surface area (Å²) < 4.78 is 41.8. The number of alkyl halides is 3. The number of anilines is 1. The van der Waals surface area contributed by atoms with Crippen LogP contribution in [0.3, 0.4) is 0 Å². The predicted molar refractivity (Wildman–Crippen MR) is 54.1 cm³/mol. The molecular weight excluding hydrogens is 239 g/mol. The monoisotopic (exact) mass is 249 g/mol. The molecule has 94 valence electrons. The number of carboxylic acid groups (broad SMARTS) is 1. The number of carboxylic acids is 1. The Balaban J connectivity index is 2.83. The van der Waals surface area contributed by atoms with Gasteiger partial charge in [0.2, 0.25) is 6.04 Å². The van der Waals surface area contributed by atoms with Crippen molar-refractivity contribution in [3.63, 3.8) is 0 Å². The van der Waals surface area contributed by atoms with Crippen LogP contribution in [0.5, 0.6) is 5.75 Å². The van der Waals surface area contributed by atoms with Crippen LogP contribution in [0, 0.1) is 0 Å². The van der Waals surface area contributed by atoms with Crippen molar-refractivity contribution in [2.45, 2.75) is 12.2 Å². The number of halogens is 3. The Hall–Kier alpha value is -1.92. The number of aliphatic carboxylic acids is 1. The van der Waals surface area contributed by atoms with Gasteiger partial charge in [-0.1, -0.05) is 0 Å². The van der Waals surface area contributed by atoms with Crippen LogP contribution < -0.4 is 10.1 Å². The van der Waals surface area contributed by atoms with Gasteiger partial charge in [0.05, 0.1) is 7.11 Å². The molecule has 0 saturated carbocycles. The van der Waals surface area contributed by atoms with E-state index in [1.165, 1.54) is 31.4 Å². The molecule has 0 spiro atoms. The molecule has 0 heterocycles. The van der Waals surface area contributed by atoms with Gasteiger partial charge in [0.25, 0.3) is 0 Å². The number of rotatable bonds is 4. The quantitative estimate of drug-likeness (QED) is 0.858. The summed E-state index contributed by atoms with van der Waals surface area (Å²) in [5, 5.41) is 10.4. The van der Waals surface area contributed by atoms with Crippen LogP contribution in [0.4, 0.5) is 18.9 Å². The van der Waals surface area contributed by atoms with Crippen molar-refractivity contribution in [1.82, 2.24) is 0 Å². The van der Waals surface area contributed by atoms with Gasteiger partial charge in [-0.25, -0.2) is 4.79 Å². The summed E-state index contributed by atoms with van der Waals surface area (Å²) in [6.45, 7) is 0. The number of carbonyl (C=O) groups is 1. The van der Waals surface area contributed by atoms with Crippen molar-refractivity contribution in [3.05, 3.63) is 24.3 Å². The van der Waals surface area contributed by atoms with E-state index in [9.17, 15) is 18.0 Å². The van der Waals surface area contributed by atoms with Crippen molar-refractivity contribution in [2.24, 2.45) is 0 Å². The maximum absolute atomic E-state index is 12.3. The zero-order valence-electron chi connectivity index (χ0n) is 8.78. The molecule has 0 aromatic heterocycles. The van der Waals surface area contributed by atoms with E-state index < -0.39 is 18.2 Å². The van der Waals surface area contributed by atoms with E-state index >= 15 is 0 Å². The van der Waals surface area contributed by atoms with Gasteiger partial charge in [0, 0.05) is 5.69 Å². The first kappa shape index (κ1) is 13.1. The van der Waals surface area contributed by atoms with Gasteiger partial charge in [0.1, 0.15) is 5.75 Å². The van der Waals surface area contributed by atoms with Crippen LogP contribution in [0.2, 0.25) is 0 Å². The lowest BCUT2D eigenvalue weighted by molar-refractivity contribution is -0.171. The highest BCUT2D eigenvalue weighted by Gasteiger charge is 2.45. The minimum absolute atomic E-state index is 0.0514. The van der Waals surface area contributed by atoms with Gasteiger partial charge in [0.15, 0.2) is 0 Å². The maximum Gasteiger partial charge on any atom is 0.419 e. The van der Waals surface area contributed by atoms with Crippen LogP contribution >= 0.6 is 0 Å². The molecule has 0 amide bonds. The standard InChI is InChI=1S/C10H10F3NO3/c1-17-7-4-2-6(3-5-7)14-8(9(15)16)10(11,12)13/h2-5,8,14H,1H3,(H,15,16). The Labute approximate surface area is 95.0 Å². The molecule has 1 atom stereocenters. The molecule has 4 nitrogen and oxygen atoms in total. The van der Waals surface area contributed by atoms with Gasteiger partial charge in [-0.15, -0.1) is 0 Å². The van der Waals surface area contributed by atoms with Gasteiger partial charge >= 0.3 is 12.1 Å². The number of hydrogen-bond acceptors (Lipinski definition) is 3. The Bertz CT molecular complexity index is 389. The fourth-order valence-corrected chi connectivity index (χ4v) is 1.14. The van der Waals surface area contributed by atoms with E-state index in [1.807, 2.05) is 5.32 Å². The van der Waals surface area contributed by atoms with E-state index in [4.69, 9.17) is 9.84 Å². The summed E-state index contributed by atoms with van der Waals surface area (Å²) in [6.07, 6.45) is -4.86. The lowest BCUT2D eigenvalue weighted by atomic mass is 10.2. The molecule has 17 heavy (non-hydrogen) atoms. The summed E-state index contributed by atoms with van der Waals surface area (Å²) in [5.41, 5.74) is 0.0514. The molecule has 1 aromatic rings. The molecule has 7 heteroatoms. The highest BCUT2D eigenvalue weighted by Crippen LogP contribution is 2.24. The lowest BCUT2D eigenvalue weighted by Gasteiger charge is -2.18. The third-order valence-corrected chi connectivity index (χ3v) is 1.98. The van der Waals surface area contributed by atoms with E-state index in [0.29, 0.717) is 5.75 Å². The molecule has 0 radical (unpaired) electrons. The van der Waals surface area contributed by atoms with E-state index in [-0.39, 0.29) is 5.69 Å². The minimum Gasteiger partial charge on any atom is -0.497 e. The van der Waals surface area contributed by atoms with Crippen LogP contribution in [-0.2, 0) is 4.79 Å². The Morgan fingerprint density at radius 2 is 1.88 bits per heavy atom. The molecule has 1 unspecified atom stereocenters. The number of ether oxygens (including phenoxy) is 1. The van der Waals surface area contributed by atoms with Crippen molar-refractivity contribution in [1.29, 1.82) is 0 Å². The largest absolute Gasteiger partial charge is 0.497 e. The summed E-state index contributed by atoms with van der Waals surface area (Å²) in [7, 11) is 1.41. The fourth-order valence-electron chi connectivity index (χ4n) is 1.14. The first-order chi connectivity index (χ1) is 7.84. The molecule has 0 aliphatic heterocycles. The van der Waals surface area contributed by atoms with Crippen molar-refractivity contribution in [2.75, 3.05) is 12.4 Å². The van der Waals surface area contributed by atoms with E-state index in [0.717, 1.165) is 0 Å². The summed E-state index contributed by atoms with van der Waals surface area (Å²) in [6, 6.07) is 2.84. The second-order valence-corrected chi connectivity index (χ2v) is 3.19. The van der Waals surface area contributed by atoms with Crippen LogP contribution in [-0.4, -0.2) is 30.4 Å². The summed E-state index contributed by atoms with van der Waals surface area (Å²) in [5.74, 6) is -1.51. The van der Waals surface area contributed by atoms with Gasteiger partial charge < -0.3 is 15.2 Å². The SMILES string of the molecule is COc1ccc(NC(C(=O)O)C(F)(F)F)cc1. The predicted octanol–water partition coefficient (Wildman–Crippen LogP) is 2.12. The molecule has 2 N–H and O–H groups in total. The van der Waals surface area contributed by atoms with Crippen molar-refractivity contribution >= 4 is 11.7 Å². The normalized spacial score (nSPS) is 12.9. The highest BCUT2D eigenvalue weighted by atomic mass is 19.4. The number of hydrogen-bond donors (Lipinski definition) is 2. The minimum atomic E-state index is -4.86. The molecule has 0 aliphatic carbocycles. The number of methoxy groups -OCH3 is 1. The zero-order valence-corrected chi connectivity index (χ0v) is 8.78. The molecule has 0 bridgehead atoms. The Morgan fingerprint density at radius 1 is 1.35 bits per heavy atom. The topological polar surface area (TPSA) is 58.6 Å². The van der Waals surface area contributed by atoms with Crippen LogP contribution in [0.1, 0.15) is 0 Å². The van der Waals surface area contributed by atoms with Gasteiger partial charge in [-0.3, -0.25) is 0 Å². The van der Waals surface area contributed by atoms with Gasteiger partial charge in [-0.2, -0.15) is 13.2 Å². The number of benzene rings is 1. The van der Waals surface area contributed by atoms with E-state index in [2.05, 4.69) is 0 Å². The second kappa shape index (κ2) is 4.94.